The van der Waals surface area contributed by atoms with E-state index >= 15 is 0 Å². The largest absolute Gasteiger partial charge is 0.378 e. The summed E-state index contributed by atoms with van der Waals surface area (Å²) in [6.07, 6.45) is 7.57. The van der Waals surface area contributed by atoms with Crippen molar-refractivity contribution in [1.29, 1.82) is 0 Å². The maximum Gasteiger partial charge on any atom is 0.241 e. The van der Waals surface area contributed by atoms with E-state index in [0.29, 0.717) is 23.9 Å². The third-order valence-electron chi connectivity index (χ3n) is 5.72. The van der Waals surface area contributed by atoms with Crippen LogP contribution >= 0.6 is 7.37 Å². The van der Waals surface area contributed by atoms with Gasteiger partial charge in [-0.1, -0.05) is 51.3 Å². The molecule has 1 saturated carbocycles. The summed E-state index contributed by atoms with van der Waals surface area (Å²) in [5.41, 5.74) is 0. The third kappa shape index (κ3) is 7.55. The van der Waals surface area contributed by atoms with E-state index in [1.54, 1.807) is 19.1 Å². The van der Waals surface area contributed by atoms with Crippen LogP contribution in [0.4, 0.5) is 0 Å². The second-order valence-corrected chi connectivity index (χ2v) is 10.4. The lowest BCUT2D eigenvalue weighted by Crippen LogP contribution is -2.44. The minimum absolute atomic E-state index is 0.102. The molecule has 2 rings (SSSR count). The number of carbonyl (C=O) groups is 1. The molecule has 0 aromatic heterocycles. The first-order valence-corrected chi connectivity index (χ1v) is 13.0. The quantitative estimate of drug-likeness (QED) is 0.384. The zero-order valence-electron chi connectivity index (χ0n) is 18.3. The van der Waals surface area contributed by atoms with Crippen LogP contribution in [0, 0.1) is 5.92 Å². The zero-order valence-corrected chi connectivity index (χ0v) is 19.2. The summed E-state index contributed by atoms with van der Waals surface area (Å²) in [5.74, 6) is 0.274. The van der Waals surface area contributed by atoms with E-state index in [0.717, 1.165) is 38.7 Å². The van der Waals surface area contributed by atoms with Gasteiger partial charge in [0.05, 0.1) is 12.7 Å². The molecule has 1 aromatic rings. The molecule has 4 unspecified atom stereocenters. The minimum atomic E-state index is -3.19. The molecular formula is C23H38NO4P. The molecule has 0 radical (unpaired) electrons. The first-order valence-electron chi connectivity index (χ1n) is 11.2. The molecule has 164 valence electrons. The lowest BCUT2D eigenvalue weighted by molar-refractivity contribution is -0.120. The normalized spacial score (nSPS) is 24.0. The Labute approximate surface area is 176 Å². The highest BCUT2D eigenvalue weighted by Crippen LogP contribution is 2.45. The average Bonchev–Trinajstić information content (AvgIpc) is 2.72. The van der Waals surface area contributed by atoms with Gasteiger partial charge >= 0.3 is 0 Å². The van der Waals surface area contributed by atoms with Gasteiger partial charge in [-0.2, -0.15) is 0 Å². The van der Waals surface area contributed by atoms with Crippen molar-refractivity contribution >= 4 is 18.6 Å². The van der Waals surface area contributed by atoms with Crippen molar-refractivity contribution in [2.45, 2.75) is 77.9 Å². The van der Waals surface area contributed by atoms with Crippen molar-refractivity contribution in [2.24, 2.45) is 5.92 Å². The summed E-state index contributed by atoms with van der Waals surface area (Å²) < 4.78 is 25.0. The van der Waals surface area contributed by atoms with E-state index < -0.39 is 7.37 Å². The lowest BCUT2D eigenvalue weighted by Gasteiger charge is -2.36. The smallest absolute Gasteiger partial charge is 0.241 e. The van der Waals surface area contributed by atoms with Crippen LogP contribution in [0.1, 0.15) is 65.7 Å². The maximum atomic E-state index is 13.3. The average molecular weight is 424 g/mol. The van der Waals surface area contributed by atoms with Crippen molar-refractivity contribution in [3.63, 3.8) is 0 Å². The molecular weight excluding hydrogens is 385 g/mol. The van der Waals surface area contributed by atoms with Crippen molar-refractivity contribution < 1.29 is 18.6 Å². The van der Waals surface area contributed by atoms with Crippen molar-refractivity contribution in [2.75, 3.05) is 19.4 Å². The second-order valence-electron chi connectivity index (χ2n) is 7.95. The maximum absolute atomic E-state index is 13.3. The molecule has 1 N–H and O–H groups in total. The Balaban J connectivity index is 1.89. The summed E-state index contributed by atoms with van der Waals surface area (Å²) in [7, 11) is -3.19. The Morgan fingerprint density at radius 1 is 1.14 bits per heavy atom. The molecule has 5 nitrogen and oxygen atoms in total. The van der Waals surface area contributed by atoms with E-state index in [-0.39, 0.29) is 18.1 Å². The lowest BCUT2D eigenvalue weighted by atomic mass is 9.81. The summed E-state index contributed by atoms with van der Waals surface area (Å²) in [4.78, 5) is 12.7. The molecule has 0 saturated heterocycles. The van der Waals surface area contributed by atoms with Crippen LogP contribution in [0.2, 0.25) is 0 Å². The molecule has 29 heavy (non-hydrogen) atoms. The first kappa shape index (κ1) is 24.1. The zero-order chi connectivity index (χ0) is 21.1. The van der Waals surface area contributed by atoms with Gasteiger partial charge in [0.1, 0.15) is 6.16 Å². The highest BCUT2D eigenvalue weighted by molar-refractivity contribution is 7.67. The van der Waals surface area contributed by atoms with Gasteiger partial charge in [0.15, 0.2) is 0 Å². The number of amides is 1. The molecule has 1 aromatic carbocycles. The van der Waals surface area contributed by atoms with Crippen LogP contribution < -0.4 is 10.6 Å². The second kappa shape index (κ2) is 12.5. The monoisotopic (exact) mass is 423 g/mol. The fourth-order valence-electron chi connectivity index (χ4n) is 4.14. The molecule has 0 aliphatic heterocycles. The van der Waals surface area contributed by atoms with Crippen LogP contribution in [0.15, 0.2) is 30.3 Å². The van der Waals surface area contributed by atoms with Gasteiger partial charge in [-0.25, -0.2) is 0 Å². The molecule has 1 aliphatic carbocycles. The fourth-order valence-corrected chi connectivity index (χ4v) is 6.08. The number of hydrogen-bond donors (Lipinski definition) is 1. The number of ether oxygens (including phenoxy) is 1. The molecule has 1 amide bonds. The Hall–Kier alpha value is -1.16. The molecule has 0 spiro atoms. The highest BCUT2D eigenvalue weighted by atomic mass is 31.2. The highest BCUT2D eigenvalue weighted by Gasteiger charge is 2.33. The number of carbonyl (C=O) groups excluding carboxylic acids is 1. The van der Waals surface area contributed by atoms with E-state index in [9.17, 15) is 9.36 Å². The Morgan fingerprint density at radius 2 is 1.90 bits per heavy atom. The van der Waals surface area contributed by atoms with E-state index in [1.807, 2.05) is 18.2 Å². The number of nitrogens with one attached hydrogen (secondary N) is 1. The molecule has 0 bridgehead atoms. The third-order valence-corrected chi connectivity index (χ3v) is 8.18. The van der Waals surface area contributed by atoms with Gasteiger partial charge in [-0.3, -0.25) is 9.36 Å². The molecule has 4 atom stereocenters. The number of unbranched alkanes of at least 4 members (excludes halogenated alkanes) is 2. The van der Waals surface area contributed by atoms with Crippen molar-refractivity contribution in [1.82, 2.24) is 5.32 Å². The molecule has 1 aliphatic rings. The predicted molar refractivity (Wildman–Crippen MR) is 119 cm³/mol. The Kier molecular flexibility index (Phi) is 10.4. The SMILES string of the molecule is CCCCCOC1CCC(NC(=O)CP(=O)(OCC)c2ccccc2)CC1CC. The van der Waals surface area contributed by atoms with Gasteiger partial charge in [-0.05, 0) is 50.7 Å². The summed E-state index contributed by atoms with van der Waals surface area (Å²) in [6, 6.07) is 9.19. The van der Waals surface area contributed by atoms with Crippen molar-refractivity contribution in [3.8, 4) is 0 Å². The topological polar surface area (TPSA) is 64.6 Å². The summed E-state index contributed by atoms with van der Waals surface area (Å²) in [6.45, 7) is 7.35. The van der Waals surface area contributed by atoms with Gasteiger partial charge in [-0.15, -0.1) is 0 Å². The molecule has 0 heterocycles. The van der Waals surface area contributed by atoms with E-state index in [4.69, 9.17) is 9.26 Å². The first-order chi connectivity index (χ1) is 14.0. The number of rotatable bonds is 12. The summed E-state index contributed by atoms with van der Waals surface area (Å²) >= 11 is 0. The predicted octanol–water partition coefficient (Wildman–Crippen LogP) is 4.90. The van der Waals surface area contributed by atoms with Crippen LogP contribution in [0.5, 0.6) is 0 Å². The van der Waals surface area contributed by atoms with E-state index in [2.05, 4.69) is 19.2 Å². The van der Waals surface area contributed by atoms with Gasteiger partial charge in [0.25, 0.3) is 0 Å². The van der Waals surface area contributed by atoms with Gasteiger partial charge in [0, 0.05) is 18.0 Å². The van der Waals surface area contributed by atoms with Crippen molar-refractivity contribution in [3.05, 3.63) is 30.3 Å². The van der Waals surface area contributed by atoms with Crippen LogP contribution in [-0.2, 0) is 18.6 Å². The van der Waals surface area contributed by atoms with E-state index in [1.165, 1.54) is 12.8 Å². The molecule has 1 fully saturated rings. The van der Waals surface area contributed by atoms with Crippen LogP contribution in [-0.4, -0.2) is 37.4 Å². The number of benzene rings is 1. The number of hydrogen-bond acceptors (Lipinski definition) is 4. The minimum Gasteiger partial charge on any atom is -0.378 e. The fraction of sp³-hybridized carbons (Fsp3) is 0.696. The molecule has 6 heteroatoms. The summed E-state index contributed by atoms with van der Waals surface area (Å²) in [5, 5.41) is 3.72. The standard InChI is InChI=1S/C23H38NO4P/c1-4-7-11-16-27-22-15-14-20(17-19(22)5-2)24-23(25)18-29(26,28-6-3)21-12-9-8-10-13-21/h8-10,12-13,19-20,22H,4-7,11,14-18H2,1-3H3,(H,24,25). The van der Waals surface area contributed by atoms with Crippen LogP contribution in [0.25, 0.3) is 0 Å². The van der Waals surface area contributed by atoms with Gasteiger partial charge < -0.3 is 14.6 Å². The Bertz CT molecular complexity index is 652. The van der Waals surface area contributed by atoms with Gasteiger partial charge in [0.2, 0.25) is 13.3 Å². The Morgan fingerprint density at radius 3 is 2.55 bits per heavy atom. The van der Waals surface area contributed by atoms with Crippen LogP contribution in [0.3, 0.4) is 0 Å².